The highest BCUT2D eigenvalue weighted by molar-refractivity contribution is 6.08. The predicted octanol–water partition coefficient (Wildman–Crippen LogP) is 9.68. The maximum absolute atomic E-state index is 11.1. The van der Waals surface area contributed by atoms with Gasteiger partial charge in [0.2, 0.25) is 0 Å². The predicted molar refractivity (Wildman–Crippen MR) is 160 cm³/mol. The smallest absolute Gasteiger partial charge is 0.124 e. The lowest BCUT2D eigenvalue weighted by Crippen LogP contribution is -1.86. The number of hydrogen-bond donors (Lipinski definition) is 2. The highest BCUT2D eigenvalue weighted by Gasteiger charge is 2.14. The molecular weight excluding hydrogens is 464 g/mol. The van der Waals surface area contributed by atoms with E-state index in [2.05, 4.69) is 84.9 Å². The van der Waals surface area contributed by atoms with Crippen molar-refractivity contribution in [2.24, 2.45) is 0 Å². The SMILES string of the molecule is Oc1cc2cc3cc4ccccc4cc3cc2cc1-c1cc2cc3cc4ccccc4cc3cc2cc1O. The molecule has 8 aromatic carbocycles. The van der Waals surface area contributed by atoms with Crippen molar-refractivity contribution in [2.45, 2.75) is 0 Å². The Balaban J connectivity index is 1.33. The van der Waals surface area contributed by atoms with Crippen LogP contribution in [0.3, 0.4) is 0 Å². The van der Waals surface area contributed by atoms with Gasteiger partial charge in [0.05, 0.1) is 0 Å². The van der Waals surface area contributed by atoms with Crippen LogP contribution < -0.4 is 0 Å². The van der Waals surface area contributed by atoms with Gasteiger partial charge in [0.15, 0.2) is 0 Å². The van der Waals surface area contributed by atoms with E-state index in [4.69, 9.17) is 0 Å². The molecule has 0 saturated carbocycles. The molecule has 0 unspecified atom stereocenters. The molecule has 2 heteroatoms. The standard InChI is InChI=1S/C36H22O2/c37-35-19-31-15-27-11-23-7-3-1-5-21(23)9-25(27)13-29(31)17-33(35)34-18-30-14-26-10-22-6-2-4-8-24(22)12-28(26)16-32(30)20-36(34)38/h1-20,37-38H. The zero-order valence-corrected chi connectivity index (χ0v) is 20.4. The second-order valence-electron chi connectivity index (χ2n) is 10.2. The van der Waals surface area contributed by atoms with Crippen LogP contribution in [0.4, 0.5) is 0 Å². The van der Waals surface area contributed by atoms with Gasteiger partial charge >= 0.3 is 0 Å². The summed E-state index contributed by atoms with van der Waals surface area (Å²) in [4.78, 5) is 0. The van der Waals surface area contributed by atoms with Crippen molar-refractivity contribution in [1.29, 1.82) is 0 Å². The van der Waals surface area contributed by atoms with E-state index in [9.17, 15) is 10.2 Å². The van der Waals surface area contributed by atoms with E-state index in [1.807, 2.05) is 24.3 Å². The van der Waals surface area contributed by atoms with Gasteiger partial charge in [0, 0.05) is 11.1 Å². The van der Waals surface area contributed by atoms with Gasteiger partial charge in [-0.15, -0.1) is 0 Å². The molecule has 0 heterocycles. The molecule has 0 bridgehead atoms. The van der Waals surface area contributed by atoms with Gasteiger partial charge in [0.25, 0.3) is 0 Å². The molecule has 0 aromatic heterocycles. The Hall–Kier alpha value is -5.08. The average Bonchev–Trinajstić information content (AvgIpc) is 2.92. The first-order chi connectivity index (χ1) is 18.6. The van der Waals surface area contributed by atoms with Crippen LogP contribution in [-0.2, 0) is 0 Å². The van der Waals surface area contributed by atoms with E-state index in [1.165, 1.54) is 21.5 Å². The van der Waals surface area contributed by atoms with Gasteiger partial charge < -0.3 is 10.2 Å². The third kappa shape index (κ3) is 3.21. The molecule has 8 rings (SSSR count). The number of aromatic hydroxyl groups is 2. The van der Waals surface area contributed by atoms with Crippen LogP contribution in [0.1, 0.15) is 0 Å². The fourth-order valence-corrected chi connectivity index (χ4v) is 5.89. The number of hydrogen-bond acceptors (Lipinski definition) is 2. The number of rotatable bonds is 1. The molecule has 38 heavy (non-hydrogen) atoms. The second kappa shape index (κ2) is 7.71. The molecule has 0 aliphatic heterocycles. The van der Waals surface area contributed by atoms with E-state index in [-0.39, 0.29) is 11.5 Å². The summed E-state index contributed by atoms with van der Waals surface area (Å²) in [7, 11) is 0. The molecule has 2 nitrogen and oxygen atoms in total. The van der Waals surface area contributed by atoms with E-state index < -0.39 is 0 Å². The zero-order chi connectivity index (χ0) is 25.4. The first-order valence-electron chi connectivity index (χ1n) is 12.8. The molecule has 178 valence electrons. The molecule has 0 spiro atoms. The Bertz CT molecular complexity index is 2100. The van der Waals surface area contributed by atoms with Crippen molar-refractivity contribution in [2.75, 3.05) is 0 Å². The fourth-order valence-electron chi connectivity index (χ4n) is 5.89. The summed E-state index contributed by atoms with van der Waals surface area (Å²) >= 11 is 0. The van der Waals surface area contributed by atoms with Crippen LogP contribution in [0.2, 0.25) is 0 Å². The molecule has 0 aliphatic rings. The van der Waals surface area contributed by atoms with E-state index in [1.54, 1.807) is 12.1 Å². The molecule has 0 saturated heterocycles. The second-order valence-corrected chi connectivity index (χ2v) is 10.2. The minimum absolute atomic E-state index is 0.152. The minimum atomic E-state index is 0.152. The highest BCUT2D eigenvalue weighted by Crippen LogP contribution is 2.42. The van der Waals surface area contributed by atoms with Crippen molar-refractivity contribution in [1.82, 2.24) is 0 Å². The van der Waals surface area contributed by atoms with Gasteiger partial charge in [-0.25, -0.2) is 0 Å². The number of benzene rings is 8. The Kier molecular flexibility index (Phi) is 4.27. The maximum atomic E-state index is 11.1. The summed E-state index contributed by atoms with van der Waals surface area (Å²) in [6.07, 6.45) is 0. The lowest BCUT2D eigenvalue weighted by Gasteiger charge is -2.13. The van der Waals surface area contributed by atoms with Crippen molar-refractivity contribution < 1.29 is 10.2 Å². The van der Waals surface area contributed by atoms with Crippen LogP contribution >= 0.6 is 0 Å². The Morgan fingerprint density at radius 2 is 0.500 bits per heavy atom. The van der Waals surface area contributed by atoms with Gasteiger partial charge in [-0.2, -0.15) is 0 Å². The van der Waals surface area contributed by atoms with Crippen LogP contribution in [0.15, 0.2) is 121 Å². The Labute approximate surface area is 218 Å². The normalized spacial score (nSPS) is 11.9. The van der Waals surface area contributed by atoms with Crippen molar-refractivity contribution in [3.05, 3.63) is 121 Å². The molecule has 0 aliphatic carbocycles. The highest BCUT2D eigenvalue weighted by atomic mass is 16.3. The molecule has 0 fully saturated rings. The number of phenols is 2. The summed E-state index contributed by atoms with van der Waals surface area (Å²) in [6, 6.07) is 41.6. The van der Waals surface area contributed by atoms with E-state index >= 15 is 0 Å². The van der Waals surface area contributed by atoms with Gasteiger partial charge in [-0.05, 0) is 137 Å². The fraction of sp³-hybridized carbons (Fsp3) is 0. The summed E-state index contributed by atoms with van der Waals surface area (Å²) in [5, 5.41) is 35.5. The third-order valence-corrected chi connectivity index (χ3v) is 7.84. The Morgan fingerprint density at radius 1 is 0.263 bits per heavy atom. The lowest BCUT2D eigenvalue weighted by atomic mass is 9.93. The molecule has 2 N–H and O–H groups in total. The molecule has 8 aromatic rings. The maximum Gasteiger partial charge on any atom is 0.124 e. The van der Waals surface area contributed by atoms with E-state index in [0.717, 1.165) is 43.1 Å². The molecular formula is C36H22O2. The van der Waals surface area contributed by atoms with Gasteiger partial charge in [0.1, 0.15) is 11.5 Å². The zero-order valence-electron chi connectivity index (χ0n) is 20.4. The van der Waals surface area contributed by atoms with Crippen LogP contribution in [0.25, 0.3) is 75.8 Å². The van der Waals surface area contributed by atoms with E-state index in [0.29, 0.717) is 11.1 Å². The van der Waals surface area contributed by atoms with Gasteiger partial charge in [-0.3, -0.25) is 0 Å². The van der Waals surface area contributed by atoms with Crippen molar-refractivity contribution in [3.8, 4) is 22.6 Å². The molecule has 0 amide bonds. The number of fused-ring (bicyclic) bond motifs is 6. The Morgan fingerprint density at radius 3 is 0.816 bits per heavy atom. The monoisotopic (exact) mass is 486 g/mol. The minimum Gasteiger partial charge on any atom is -0.507 e. The largest absolute Gasteiger partial charge is 0.507 e. The summed E-state index contributed by atoms with van der Waals surface area (Å²) in [5.74, 6) is 0.304. The number of phenolic OH excluding ortho intramolecular Hbond substituents is 2. The summed E-state index contributed by atoms with van der Waals surface area (Å²) < 4.78 is 0. The van der Waals surface area contributed by atoms with Gasteiger partial charge in [-0.1, -0.05) is 48.5 Å². The van der Waals surface area contributed by atoms with Crippen LogP contribution in [0.5, 0.6) is 11.5 Å². The van der Waals surface area contributed by atoms with Crippen LogP contribution in [-0.4, -0.2) is 10.2 Å². The average molecular weight is 487 g/mol. The topological polar surface area (TPSA) is 40.5 Å². The quantitative estimate of drug-likeness (QED) is 0.227. The molecule has 0 radical (unpaired) electrons. The summed E-state index contributed by atoms with van der Waals surface area (Å²) in [6.45, 7) is 0. The summed E-state index contributed by atoms with van der Waals surface area (Å²) in [5.41, 5.74) is 1.24. The third-order valence-electron chi connectivity index (χ3n) is 7.84. The first kappa shape index (κ1) is 21.0. The van der Waals surface area contributed by atoms with Crippen molar-refractivity contribution >= 4 is 64.6 Å². The lowest BCUT2D eigenvalue weighted by molar-refractivity contribution is 0.470. The first-order valence-corrected chi connectivity index (χ1v) is 12.8. The molecule has 0 atom stereocenters. The van der Waals surface area contributed by atoms with Crippen LogP contribution in [0, 0.1) is 0 Å². The van der Waals surface area contributed by atoms with Crippen molar-refractivity contribution in [3.63, 3.8) is 0 Å².